The molecule has 0 bridgehead atoms. The number of halogens is 3. The fourth-order valence-electron chi connectivity index (χ4n) is 0.998. The lowest BCUT2D eigenvalue weighted by Gasteiger charge is -2.11. The lowest BCUT2D eigenvalue weighted by Crippen LogP contribution is -2.07. The molecular weight excluding hydrogens is 392 g/mol. The second-order valence-corrected chi connectivity index (χ2v) is 5.81. The highest BCUT2D eigenvalue weighted by atomic mass is 79.9. The first-order valence-electron chi connectivity index (χ1n) is 4.46. The van der Waals surface area contributed by atoms with Crippen molar-refractivity contribution in [2.75, 3.05) is 6.61 Å². The van der Waals surface area contributed by atoms with Gasteiger partial charge in [-0.2, -0.15) is 0 Å². The largest absolute Gasteiger partial charge is 0.491 e. The zero-order valence-corrected chi connectivity index (χ0v) is 12.9. The SMILES string of the molecule is CC(O)CCOc1c(Br)cc(Br)cc1Br. The first-order valence-corrected chi connectivity index (χ1v) is 6.84. The molecule has 0 spiro atoms. The van der Waals surface area contributed by atoms with Crippen LogP contribution in [0.15, 0.2) is 25.6 Å². The van der Waals surface area contributed by atoms with Gasteiger partial charge >= 0.3 is 0 Å². The number of aliphatic hydroxyl groups is 1. The van der Waals surface area contributed by atoms with Crippen molar-refractivity contribution in [1.82, 2.24) is 0 Å². The normalized spacial score (nSPS) is 12.6. The van der Waals surface area contributed by atoms with E-state index in [1.54, 1.807) is 6.92 Å². The maximum Gasteiger partial charge on any atom is 0.147 e. The Balaban J connectivity index is 2.68. The summed E-state index contributed by atoms with van der Waals surface area (Å²) in [5.74, 6) is 0.763. The molecule has 84 valence electrons. The van der Waals surface area contributed by atoms with E-state index in [1.165, 1.54) is 0 Å². The predicted molar refractivity (Wildman–Crippen MR) is 71.3 cm³/mol. The number of aliphatic hydroxyl groups excluding tert-OH is 1. The van der Waals surface area contributed by atoms with Crippen molar-refractivity contribution in [3.63, 3.8) is 0 Å². The highest BCUT2D eigenvalue weighted by molar-refractivity contribution is 9.11. The highest BCUT2D eigenvalue weighted by Crippen LogP contribution is 2.36. The van der Waals surface area contributed by atoms with E-state index >= 15 is 0 Å². The minimum Gasteiger partial charge on any atom is -0.491 e. The summed E-state index contributed by atoms with van der Waals surface area (Å²) in [6.45, 7) is 2.24. The van der Waals surface area contributed by atoms with E-state index in [0.29, 0.717) is 13.0 Å². The van der Waals surface area contributed by atoms with Gasteiger partial charge in [0.2, 0.25) is 0 Å². The first-order chi connectivity index (χ1) is 7.00. The van der Waals surface area contributed by atoms with Crippen LogP contribution in [0.25, 0.3) is 0 Å². The van der Waals surface area contributed by atoms with Crippen molar-refractivity contribution < 1.29 is 9.84 Å². The van der Waals surface area contributed by atoms with E-state index in [-0.39, 0.29) is 6.10 Å². The molecule has 0 aliphatic carbocycles. The van der Waals surface area contributed by atoms with Gasteiger partial charge in [-0.25, -0.2) is 0 Å². The van der Waals surface area contributed by atoms with E-state index in [9.17, 15) is 0 Å². The summed E-state index contributed by atoms with van der Waals surface area (Å²) < 4.78 is 8.30. The summed E-state index contributed by atoms with van der Waals surface area (Å²) in [5.41, 5.74) is 0. The second-order valence-electron chi connectivity index (χ2n) is 3.18. The molecule has 1 atom stereocenters. The summed E-state index contributed by atoms with van der Waals surface area (Å²) in [7, 11) is 0. The Hall–Kier alpha value is 0.420. The Morgan fingerprint density at radius 3 is 2.27 bits per heavy atom. The number of hydrogen-bond acceptors (Lipinski definition) is 2. The predicted octanol–water partition coefficient (Wildman–Crippen LogP) is 4.12. The summed E-state index contributed by atoms with van der Waals surface area (Å²) in [4.78, 5) is 0. The molecule has 2 nitrogen and oxygen atoms in total. The zero-order valence-electron chi connectivity index (χ0n) is 8.14. The van der Waals surface area contributed by atoms with Gasteiger partial charge in [-0.15, -0.1) is 0 Å². The van der Waals surface area contributed by atoms with Gasteiger partial charge in [0.25, 0.3) is 0 Å². The van der Waals surface area contributed by atoms with Crippen LogP contribution < -0.4 is 4.74 Å². The van der Waals surface area contributed by atoms with Crippen LogP contribution in [0.3, 0.4) is 0 Å². The third-order valence-electron chi connectivity index (χ3n) is 1.75. The average Bonchev–Trinajstić information content (AvgIpc) is 2.08. The van der Waals surface area contributed by atoms with E-state index < -0.39 is 0 Å². The Kier molecular flexibility index (Phi) is 5.60. The standard InChI is InChI=1S/C10H11Br3O2/c1-6(14)2-3-15-10-8(12)4-7(11)5-9(10)13/h4-6,14H,2-3H2,1H3. The maximum atomic E-state index is 9.10. The molecule has 0 saturated heterocycles. The van der Waals surface area contributed by atoms with E-state index in [0.717, 1.165) is 19.2 Å². The van der Waals surface area contributed by atoms with Gasteiger partial charge in [0.15, 0.2) is 0 Å². The third-order valence-corrected chi connectivity index (χ3v) is 3.38. The molecular formula is C10H11Br3O2. The number of hydrogen-bond donors (Lipinski definition) is 1. The van der Waals surface area contributed by atoms with Crippen molar-refractivity contribution in [1.29, 1.82) is 0 Å². The number of ether oxygens (including phenoxy) is 1. The fourth-order valence-corrected chi connectivity index (χ4v) is 3.49. The van der Waals surface area contributed by atoms with Crippen LogP contribution in [0.1, 0.15) is 13.3 Å². The summed E-state index contributed by atoms with van der Waals surface area (Å²) in [6.07, 6.45) is 0.285. The Bertz CT molecular complexity index is 316. The van der Waals surface area contributed by atoms with Gasteiger partial charge < -0.3 is 9.84 Å². The van der Waals surface area contributed by atoms with Crippen LogP contribution in [0.5, 0.6) is 5.75 Å². The minimum atomic E-state index is -0.335. The fraction of sp³-hybridized carbons (Fsp3) is 0.400. The van der Waals surface area contributed by atoms with Crippen molar-refractivity contribution in [3.05, 3.63) is 25.6 Å². The molecule has 0 saturated carbocycles. The molecule has 1 N–H and O–H groups in total. The van der Waals surface area contributed by atoms with Crippen molar-refractivity contribution in [2.45, 2.75) is 19.4 Å². The lowest BCUT2D eigenvalue weighted by molar-refractivity contribution is 0.155. The van der Waals surface area contributed by atoms with Gasteiger partial charge in [0.05, 0.1) is 21.7 Å². The van der Waals surface area contributed by atoms with Gasteiger partial charge in [-0.1, -0.05) is 15.9 Å². The number of rotatable bonds is 4. The van der Waals surface area contributed by atoms with E-state index in [4.69, 9.17) is 9.84 Å². The Morgan fingerprint density at radius 2 is 1.80 bits per heavy atom. The highest BCUT2D eigenvalue weighted by Gasteiger charge is 2.08. The first kappa shape index (κ1) is 13.5. The molecule has 0 aromatic heterocycles. The van der Waals surface area contributed by atoms with E-state index in [2.05, 4.69) is 47.8 Å². The Morgan fingerprint density at radius 1 is 1.27 bits per heavy atom. The molecule has 0 aliphatic rings. The van der Waals surface area contributed by atoms with Gasteiger partial charge in [0, 0.05) is 10.9 Å². The minimum absolute atomic E-state index is 0.335. The molecule has 1 aromatic carbocycles. The van der Waals surface area contributed by atoms with Crippen LogP contribution in [0, 0.1) is 0 Å². The van der Waals surface area contributed by atoms with Crippen molar-refractivity contribution in [2.24, 2.45) is 0 Å². The van der Waals surface area contributed by atoms with Crippen LogP contribution in [0.4, 0.5) is 0 Å². The molecule has 1 rings (SSSR count). The Labute approximate surface area is 114 Å². The molecule has 0 amide bonds. The molecule has 1 aromatic rings. The quantitative estimate of drug-likeness (QED) is 0.820. The number of benzene rings is 1. The van der Waals surface area contributed by atoms with Crippen molar-refractivity contribution in [3.8, 4) is 5.75 Å². The molecule has 5 heteroatoms. The molecule has 0 radical (unpaired) electrons. The van der Waals surface area contributed by atoms with Crippen LogP contribution in [-0.4, -0.2) is 17.8 Å². The van der Waals surface area contributed by atoms with Gasteiger partial charge in [-0.3, -0.25) is 0 Å². The summed E-state index contributed by atoms with van der Waals surface area (Å²) in [5, 5.41) is 9.10. The summed E-state index contributed by atoms with van der Waals surface area (Å²) >= 11 is 10.2. The smallest absolute Gasteiger partial charge is 0.147 e. The van der Waals surface area contributed by atoms with E-state index in [1.807, 2.05) is 12.1 Å². The second kappa shape index (κ2) is 6.23. The van der Waals surface area contributed by atoms with Crippen molar-refractivity contribution >= 4 is 47.8 Å². The van der Waals surface area contributed by atoms with Gasteiger partial charge in [0.1, 0.15) is 5.75 Å². The van der Waals surface area contributed by atoms with Crippen LogP contribution >= 0.6 is 47.8 Å². The monoisotopic (exact) mass is 400 g/mol. The zero-order chi connectivity index (χ0) is 11.4. The molecule has 0 aliphatic heterocycles. The molecule has 15 heavy (non-hydrogen) atoms. The van der Waals surface area contributed by atoms with Gasteiger partial charge in [-0.05, 0) is 50.9 Å². The van der Waals surface area contributed by atoms with Crippen LogP contribution in [-0.2, 0) is 0 Å². The lowest BCUT2D eigenvalue weighted by atomic mass is 10.3. The topological polar surface area (TPSA) is 29.5 Å². The summed E-state index contributed by atoms with van der Waals surface area (Å²) in [6, 6.07) is 3.84. The molecule has 0 heterocycles. The average molecular weight is 403 g/mol. The van der Waals surface area contributed by atoms with Crippen LogP contribution in [0.2, 0.25) is 0 Å². The molecule has 0 fully saturated rings. The maximum absolute atomic E-state index is 9.10. The molecule has 1 unspecified atom stereocenters. The third kappa shape index (κ3) is 4.43.